The van der Waals surface area contributed by atoms with Gasteiger partial charge in [0.25, 0.3) is 0 Å². The van der Waals surface area contributed by atoms with Crippen LogP contribution in [0.3, 0.4) is 0 Å². The Kier molecular flexibility index (Phi) is 4.62. The monoisotopic (exact) mass is 361 g/mol. The molecule has 6 nitrogen and oxygen atoms in total. The number of aromatic amines is 1. The topological polar surface area (TPSA) is 65.1 Å². The van der Waals surface area contributed by atoms with Crippen LogP contribution in [-0.4, -0.2) is 51.9 Å². The molecule has 0 bridgehead atoms. The van der Waals surface area contributed by atoms with Gasteiger partial charge in [-0.3, -0.25) is 9.78 Å². The minimum absolute atomic E-state index is 0.0278. The summed E-state index contributed by atoms with van der Waals surface area (Å²) in [6.07, 6.45) is 11.0. The Hall–Kier alpha value is -3.15. The molecule has 4 heterocycles. The number of aromatic nitrogens is 3. The number of anilines is 1. The van der Waals surface area contributed by atoms with Gasteiger partial charge in [-0.1, -0.05) is 12.6 Å². The molecule has 0 aromatic carbocycles. The number of hydrogen-bond donors (Lipinski definition) is 1. The van der Waals surface area contributed by atoms with Crippen LogP contribution in [0.2, 0.25) is 0 Å². The molecule has 1 fully saturated rings. The van der Waals surface area contributed by atoms with Crippen LogP contribution in [0.15, 0.2) is 55.6 Å². The SMILES string of the molecule is C=CC(=O)N(C)C1CCCN(c2cnc3[nH]cc(-c4cccnc4)c3c2)C1. The summed E-state index contributed by atoms with van der Waals surface area (Å²) < 4.78 is 0. The predicted octanol–water partition coefficient (Wildman–Crippen LogP) is 3.24. The van der Waals surface area contributed by atoms with Crippen LogP contribution in [0.25, 0.3) is 22.2 Å². The van der Waals surface area contributed by atoms with Crippen molar-refractivity contribution in [2.75, 3.05) is 25.0 Å². The first-order chi connectivity index (χ1) is 13.2. The first-order valence-corrected chi connectivity index (χ1v) is 9.19. The van der Waals surface area contributed by atoms with E-state index in [1.807, 2.05) is 31.7 Å². The van der Waals surface area contributed by atoms with Crippen molar-refractivity contribution in [1.29, 1.82) is 0 Å². The summed E-state index contributed by atoms with van der Waals surface area (Å²) in [5.74, 6) is -0.0278. The second kappa shape index (κ2) is 7.23. The van der Waals surface area contributed by atoms with Crippen LogP contribution in [0.4, 0.5) is 5.69 Å². The molecule has 3 aromatic heterocycles. The van der Waals surface area contributed by atoms with E-state index < -0.39 is 0 Å². The van der Waals surface area contributed by atoms with Crippen molar-refractivity contribution in [3.63, 3.8) is 0 Å². The summed E-state index contributed by atoms with van der Waals surface area (Å²) in [6, 6.07) is 6.35. The minimum Gasteiger partial charge on any atom is -0.368 e. The number of carbonyl (C=O) groups is 1. The van der Waals surface area contributed by atoms with Crippen molar-refractivity contribution >= 4 is 22.6 Å². The van der Waals surface area contributed by atoms with Gasteiger partial charge in [-0.2, -0.15) is 0 Å². The van der Waals surface area contributed by atoms with Crippen molar-refractivity contribution < 1.29 is 4.79 Å². The molecule has 1 saturated heterocycles. The van der Waals surface area contributed by atoms with Gasteiger partial charge in [0, 0.05) is 61.3 Å². The van der Waals surface area contributed by atoms with Gasteiger partial charge in [-0.05, 0) is 31.1 Å². The maximum Gasteiger partial charge on any atom is 0.246 e. The lowest BCUT2D eigenvalue weighted by Gasteiger charge is -2.38. The fourth-order valence-corrected chi connectivity index (χ4v) is 3.76. The lowest BCUT2D eigenvalue weighted by Crippen LogP contribution is -2.48. The molecule has 1 N–H and O–H groups in total. The molecule has 0 saturated carbocycles. The Bertz CT molecular complexity index is 965. The highest BCUT2D eigenvalue weighted by Crippen LogP contribution is 2.31. The van der Waals surface area contributed by atoms with Gasteiger partial charge in [-0.25, -0.2) is 4.98 Å². The Morgan fingerprint density at radius 3 is 3.11 bits per heavy atom. The molecule has 138 valence electrons. The highest BCUT2D eigenvalue weighted by atomic mass is 16.2. The largest absolute Gasteiger partial charge is 0.368 e. The molecule has 1 amide bonds. The van der Waals surface area contributed by atoms with Crippen LogP contribution < -0.4 is 4.90 Å². The summed E-state index contributed by atoms with van der Waals surface area (Å²) in [7, 11) is 1.85. The molecule has 6 heteroatoms. The second-order valence-corrected chi connectivity index (χ2v) is 6.93. The van der Waals surface area contributed by atoms with Gasteiger partial charge in [0.05, 0.1) is 11.9 Å². The van der Waals surface area contributed by atoms with E-state index in [0.29, 0.717) is 0 Å². The standard InChI is InChI=1S/C21H23N5O/c1-3-20(27)25(2)16-7-5-9-26(14-16)17-10-18-19(13-24-21(18)23-12-17)15-6-4-8-22-11-15/h3-4,6,8,10-13,16H,1,5,7,9,14H2,2H3,(H,23,24). The van der Waals surface area contributed by atoms with E-state index >= 15 is 0 Å². The number of piperidine rings is 1. The average Bonchev–Trinajstić information content (AvgIpc) is 3.16. The Morgan fingerprint density at radius 2 is 2.33 bits per heavy atom. The van der Waals surface area contributed by atoms with Crippen molar-refractivity contribution in [3.8, 4) is 11.1 Å². The Balaban J connectivity index is 1.64. The first kappa shape index (κ1) is 17.3. The van der Waals surface area contributed by atoms with Crippen LogP contribution in [-0.2, 0) is 4.79 Å². The molecule has 3 aromatic rings. The summed E-state index contributed by atoms with van der Waals surface area (Å²) in [4.78, 5) is 28.1. The lowest BCUT2D eigenvalue weighted by molar-refractivity contribution is -0.126. The van der Waals surface area contributed by atoms with E-state index in [1.54, 1.807) is 11.1 Å². The average molecular weight is 361 g/mol. The van der Waals surface area contributed by atoms with Gasteiger partial charge < -0.3 is 14.8 Å². The van der Waals surface area contributed by atoms with Crippen molar-refractivity contribution in [2.45, 2.75) is 18.9 Å². The van der Waals surface area contributed by atoms with Crippen LogP contribution in [0.1, 0.15) is 12.8 Å². The van der Waals surface area contributed by atoms with Crippen LogP contribution in [0, 0.1) is 0 Å². The maximum absolute atomic E-state index is 12.0. The minimum atomic E-state index is -0.0278. The molecular weight excluding hydrogens is 338 g/mol. The maximum atomic E-state index is 12.0. The van der Waals surface area contributed by atoms with E-state index in [9.17, 15) is 4.79 Å². The third-order valence-corrected chi connectivity index (χ3v) is 5.32. The number of likely N-dealkylation sites (N-methyl/N-ethyl adjacent to an activating group) is 1. The van der Waals surface area contributed by atoms with Gasteiger partial charge in [-0.15, -0.1) is 0 Å². The molecular formula is C21H23N5O. The molecule has 1 atom stereocenters. The highest BCUT2D eigenvalue weighted by molar-refractivity contribution is 5.95. The number of hydrogen-bond acceptors (Lipinski definition) is 4. The van der Waals surface area contributed by atoms with E-state index in [2.05, 4.69) is 38.6 Å². The van der Waals surface area contributed by atoms with E-state index in [0.717, 1.165) is 53.8 Å². The van der Waals surface area contributed by atoms with E-state index in [1.165, 1.54) is 6.08 Å². The predicted molar refractivity (Wildman–Crippen MR) is 108 cm³/mol. The van der Waals surface area contributed by atoms with Crippen molar-refractivity contribution in [3.05, 3.63) is 55.6 Å². The zero-order valence-corrected chi connectivity index (χ0v) is 15.4. The molecule has 1 aliphatic heterocycles. The lowest BCUT2D eigenvalue weighted by atomic mass is 10.0. The number of nitrogens with one attached hydrogen (secondary N) is 1. The molecule has 1 unspecified atom stereocenters. The summed E-state index contributed by atoms with van der Waals surface area (Å²) in [5, 5.41) is 1.08. The molecule has 4 rings (SSSR count). The zero-order chi connectivity index (χ0) is 18.8. The molecule has 0 radical (unpaired) electrons. The van der Waals surface area contributed by atoms with E-state index in [-0.39, 0.29) is 11.9 Å². The summed E-state index contributed by atoms with van der Waals surface area (Å²) >= 11 is 0. The quantitative estimate of drug-likeness (QED) is 0.725. The number of amides is 1. The molecule has 0 aliphatic carbocycles. The van der Waals surface area contributed by atoms with Gasteiger partial charge >= 0.3 is 0 Å². The summed E-state index contributed by atoms with van der Waals surface area (Å²) in [6.45, 7) is 5.36. The number of pyridine rings is 2. The third kappa shape index (κ3) is 3.30. The molecule has 0 spiro atoms. The van der Waals surface area contributed by atoms with Crippen molar-refractivity contribution in [2.24, 2.45) is 0 Å². The van der Waals surface area contributed by atoms with Gasteiger partial charge in [0.1, 0.15) is 5.65 Å². The summed E-state index contributed by atoms with van der Waals surface area (Å²) in [5.41, 5.74) is 4.11. The Morgan fingerprint density at radius 1 is 1.44 bits per heavy atom. The second-order valence-electron chi connectivity index (χ2n) is 6.93. The van der Waals surface area contributed by atoms with E-state index in [4.69, 9.17) is 0 Å². The third-order valence-electron chi connectivity index (χ3n) is 5.32. The van der Waals surface area contributed by atoms with Gasteiger partial charge in [0.2, 0.25) is 5.91 Å². The number of H-pyrrole nitrogens is 1. The van der Waals surface area contributed by atoms with Gasteiger partial charge in [0.15, 0.2) is 0 Å². The smallest absolute Gasteiger partial charge is 0.246 e. The normalized spacial score (nSPS) is 17.1. The fraction of sp³-hybridized carbons (Fsp3) is 0.286. The molecule has 1 aliphatic rings. The van der Waals surface area contributed by atoms with Crippen LogP contribution >= 0.6 is 0 Å². The first-order valence-electron chi connectivity index (χ1n) is 9.19. The highest BCUT2D eigenvalue weighted by Gasteiger charge is 2.25. The zero-order valence-electron chi connectivity index (χ0n) is 15.4. The number of rotatable bonds is 4. The fourth-order valence-electron chi connectivity index (χ4n) is 3.76. The number of nitrogens with zero attached hydrogens (tertiary/aromatic N) is 4. The number of fused-ring (bicyclic) bond motifs is 1. The van der Waals surface area contributed by atoms with Crippen molar-refractivity contribution in [1.82, 2.24) is 19.9 Å². The number of carbonyl (C=O) groups excluding carboxylic acids is 1. The molecule has 27 heavy (non-hydrogen) atoms. The Labute approximate surface area is 158 Å². The van der Waals surface area contributed by atoms with Crippen LogP contribution in [0.5, 0.6) is 0 Å².